The number of carbonyl (C=O) groups excluding carboxylic acids is 1. The number of benzene rings is 1. The molecule has 98 valence electrons. The first-order valence-corrected chi connectivity index (χ1v) is 6.14. The van der Waals surface area contributed by atoms with Gasteiger partial charge in [-0.15, -0.1) is 0 Å². The van der Waals surface area contributed by atoms with E-state index >= 15 is 0 Å². The number of hydrogen-bond donors (Lipinski definition) is 2. The molecule has 1 aliphatic rings. The van der Waals surface area contributed by atoms with E-state index in [0.717, 1.165) is 18.4 Å². The number of carbonyl (C=O) groups is 1. The molecule has 0 saturated carbocycles. The maximum absolute atomic E-state index is 12.0. The highest BCUT2D eigenvalue weighted by Gasteiger charge is 2.23. The van der Waals surface area contributed by atoms with Crippen molar-refractivity contribution in [2.24, 2.45) is 5.73 Å². The molecular weight excluding hydrogens is 232 g/mol. The number of nitrogens with two attached hydrogens (primary N) is 1. The Morgan fingerprint density at radius 1 is 1.39 bits per heavy atom. The zero-order valence-electron chi connectivity index (χ0n) is 10.2. The summed E-state index contributed by atoms with van der Waals surface area (Å²) < 4.78 is 0. The molecule has 0 unspecified atom stereocenters. The van der Waals surface area contributed by atoms with E-state index in [1.54, 1.807) is 24.3 Å². The van der Waals surface area contributed by atoms with Crippen LogP contribution >= 0.6 is 0 Å². The minimum atomic E-state index is -0.604. The van der Waals surface area contributed by atoms with Crippen molar-refractivity contribution in [3.63, 3.8) is 0 Å². The van der Waals surface area contributed by atoms with Crippen molar-refractivity contribution >= 4 is 5.91 Å². The molecule has 0 aliphatic carbocycles. The van der Waals surface area contributed by atoms with Gasteiger partial charge in [0.05, 0.1) is 12.6 Å². The first kappa shape index (κ1) is 12.9. The molecule has 1 aromatic rings. The number of phenols is 1. The lowest BCUT2D eigenvalue weighted by Gasteiger charge is -2.28. The van der Waals surface area contributed by atoms with Crippen LogP contribution in [0.25, 0.3) is 0 Å². The Hall–Kier alpha value is -1.59. The van der Waals surface area contributed by atoms with E-state index in [2.05, 4.69) is 0 Å². The predicted octanol–water partition coefficient (Wildman–Crippen LogP) is 0.816. The molecule has 1 aliphatic heterocycles. The lowest BCUT2D eigenvalue weighted by atomic mass is 10.1. The molecule has 2 rings (SSSR count). The fourth-order valence-electron chi connectivity index (χ4n) is 1.93. The second-order valence-corrected chi connectivity index (χ2v) is 4.46. The third kappa shape index (κ3) is 3.21. The Balaban J connectivity index is 1.92. The number of hydroxylamine groups is 2. The molecule has 5 nitrogen and oxygen atoms in total. The summed E-state index contributed by atoms with van der Waals surface area (Å²) in [6, 6.07) is 6.10. The highest BCUT2D eigenvalue weighted by atomic mass is 16.7. The molecule has 0 bridgehead atoms. The van der Waals surface area contributed by atoms with Gasteiger partial charge in [0.15, 0.2) is 0 Å². The Morgan fingerprint density at radius 2 is 2.11 bits per heavy atom. The van der Waals surface area contributed by atoms with Gasteiger partial charge in [0.25, 0.3) is 5.91 Å². The summed E-state index contributed by atoms with van der Waals surface area (Å²) in [5, 5.41) is 10.5. The standard InChI is InChI=1S/C13H18N2O3/c14-12(9-10-3-5-11(16)6-4-10)13(17)15-7-1-2-8-18-15/h3-6,12,16H,1-2,7-9,14H2/t12-/m1/s1. The first-order valence-electron chi connectivity index (χ1n) is 6.14. The summed E-state index contributed by atoms with van der Waals surface area (Å²) >= 11 is 0. The van der Waals surface area contributed by atoms with Crippen LogP contribution in [0.15, 0.2) is 24.3 Å². The van der Waals surface area contributed by atoms with Crippen molar-refractivity contribution in [2.75, 3.05) is 13.2 Å². The maximum Gasteiger partial charge on any atom is 0.263 e. The molecule has 1 fully saturated rings. The molecule has 1 aromatic carbocycles. The largest absolute Gasteiger partial charge is 0.508 e. The van der Waals surface area contributed by atoms with Crippen LogP contribution in [0.3, 0.4) is 0 Å². The molecule has 0 radical (unpaired) electrons. The minimum absolute atomic E-state index is 0.178. The number of nitrogens with zero attached hydrogens (tertiary/aromatic N) is 1. The Kier molecular flexibility index (Phi) is 4.17. The molecule has 3 N–H and O–H groups in total. The van der Waals surface area contributed by atoms with E-state index in [4.69, 9.17) is 10.6 Å². The van der Waals surface area contributed by atoms with E-state index in [1.165, 1.54) is 5.06 Å². The molecule has 0 aromatic heterocycles. The van der Waals surface area contributed by atoms with Crippen LogP contribution in [0.5, 0.6) is 5.75 Å². The van der Waals surface area contributed by atoms with Crippen LogP contribution in [0.1, 0.15) is 18.4 Å². The van der Waals surface area contributed by atoms with Gasteiger partial charge in [0.1, 0.15) is 5.75 Å². The van der Waals surface area contributed by atoms with E-state index < -0.39 is 6.04 Å². The molecular formula is C13H18N2O3. The molecule has 5 heteroatoms. The first-order chi connectivity index (χ1) is 8.66. The van der Waals surface area contributed by atoms with Gasteiger partial charge < -0.3 is 10.8 Å². The number of amides is 1. The normalized spacial score (nSPS) is 17.5. The average Bonchev–Trinajstić information content (AvgIpc) is 2.41. The summed E-state index contributed by atoms with van der Waals surface area (Å²) in [5.74, 6) is 0.0285. The maximum atomic E-state index is 12.0. The van der Waals surface area contributed by atoms with Gasteiger partial charge in [0.2, 0.25) is 0 Å². The van der Waals surface area contributed by atoms with Gasteiger partial charge in [-0.25, -0.2) is 5.06 Å². The molecule has 1 amide bonds. The van der Waals surface area contributed by atoms with E-state index in [-0.39, 0.29) is 11.7 Å². The summed E-state index contributed by atoms with van der Waals surface area (Å²) in [4.78, 5) is 17.3. The quantitative estimate of drug-likeness (QED) is 0.832. The Labute approximate surface area is 106 Å². The van der Waals surface area contributed by atoms with Gasteiger partial charge in [-0.05, 0) is 37.0 Å². The van der Waals surface area contributed by atoms with Gasteiger partial charge >= 0.3 is 0 Å². The highest BCUT2D eigenvalue weighted by Crippen LogP contribution is 2.13. The molecule has 1 atom stereocenters. The molecule has 1 saturated heterocycles. The van der Waals surface area contributed by atoms with Crippen molar-refractivity contribution in [1.82, 2.24) is 5.06 Å². The predicted molar refractivity (Wildman–Crippen MR) is 66.7 cm³/mol. The van der Waals surface area contributed by atoms with E-state index in [1.807, 2.05) is 0 Å². The van der Waals surface area contributed by atoms with Crippen LogP contribution in [0.2, 0.25) is 0 Å². The van der Waals surface area contributed by atoms with E-state index in [9.17, 15) is 9.90 Å². The van der Waals surface area contributed by atoms with Crippen LogP contribution in [0.4, 0.5) is 0 Å². The van der Waals surface area contributed by atoms with Gasteiger partial charge in [-0.3, -0.25) is 9.63 Å². The van der Waals surface area contributed by atoms with Crippen LogP contribution in [0, 0.1) is 0 Å². The van der Waals surface area contributed by atoms with E-state index in [0.29, 0.717) is 19.6 Å². The number of phenolic OH excluding ortho intramolecular Hbond substituents is 1. The van der Waals surface area contributed by atoms with Crippen LogP contribution in [-0.4, -0.2) is 35.3 Å². The summed E-state index contributed by atoms with van der Waals surface area (Å²) in [6.07, 6.45) is 2.38. The summed E-state index contributed by atoms with van der Waals surface area (Å²) in [7, 11) is 0. The summed E-state index contributed by atoms with van der Waals surface area (Å²) in [6.45, 7) is 1.19. The Bertz CT molecular complexity index is 399. The van der Waals surface area contributed by atoms with Crippen LogP contribution < -0.4 is 5.73 Å². The van der Waals surface area contributed by atoms with Gasteiger partial charge in [-0.1, -0.05) is 12.1 Å². The number of rotatable bonds is 3. The lowest BCUT2D eigenvalue weighted by molar-refractivity contribution is -0.198. The fourth-order valence-corrected chi connectivity index (χ4v) is 1.93. The zero-order chi connectivity index (χ0) is 13.0. The third-order valence-corrected chi connectivity index (χ3v) is 2.96. The van der Waals surface area contributed by atoms with Crippen molar-refractivity contribution in [3.05, 3.63) is 29.8 Å². The fraction of sp³-hybridized carbons (Fsp3) is 0.462. The van der Waals surface area contributed by atoms with Gasteiger partial charge in [0, 0.05) is 6.54 Å². The topological polar surface area (TPSA) is 75.8 Å². The number of hydrogen-bond acceptors (Lipinski definition) is 4. The summed E-state index contributed by atoms with van der Waals surface area (Å²) in [5.41, 5.74) is 6.81. The second kappa shape index (κ2) is 5.84. The van der Waals surface area contributed by atoms with Crippen LogP contribution in [-0.2, 0) is 16.1 Å². The minimum Gasteiger partial charge on any atom is -0.508 e. The average molecular weight is 250 g/mol. The zero-order valence-corrected chi connectivity index (χ0v) is 10.2. The van der Waals surface area contributed by atoms with Crippen molar-refractivity contribution in [2.45, 2.75) is 25.3 Å². The monoisotopic (exact) mass is 250 g/mol. The molecule has 1 heterocycles. The smallest absolute Gasteiger partial charge is 0.263 e. The second-order valence-electron chi connectivity index (χ2n) is 4.46. The van der Waals surface area contributed by atoms with Crippen molar-refractivity contribution in [1.29, 1.82) is 0 Å². The Morgan fingerprint density at radius 3 is 2.72 bits per heavy atom. The van der Waals surface area contributed by atoms with Crippen molar-refractivity contribution < 1.29 is 14.7 Å². The van der Waals surface area contributed by atoms with Gasteiger partial charge in [-0.2, -0.15) is 0 Å². The lowest BCUT2D eigenvalue weighted by Crippen LogP contribution is -2.46. The molecule has 0 spiro atoms. The number of aromatic hydroxyl groups is 1. The third-order valence-electron chi connectivity index (χ3n) is 2.96. The SMILES string of the molecule is N[C@H](Cc1ccc(O)cc1)C(=O)N1CCCCO1. The molecule has 18 heavy (non-hydrogen) atoms. The highest BCUT2D eigenvalue weighted by molar-refractivity contribution is 5.81. The van der Waals surface area contributed by atoms with Crippen molar-refractivity contribution in [3.8, 4) is 5.75 Å².